The van der Waals surface area contributed by atoms with Crippen molar-refractivity contribution in [1.82, 2.24) is 5.32 Å². The summed E-state index contributed by atoms with van der Waals surface area (Å²) < 4.78 is 5.36. The molecule has 1 aromatic carbocycles. The van der Waals surface area contributed by atoms with Gasteiger partial charge in [0.1, 0.15) is 5.75 Å². The Bertz CT molecular complexity index is 414. The zero-order valence-electron chi connectivity index (χ0n) is 11.0. The molecular weight excluding hydrogens is 228 g/mol. The summed E-state index contributed by atoms with van der Waals surface area (Å²) in [5.74, 6) is 0.831. The van der Waals surface area contributed by atoms with Crippen LogP contribution in [-0.2, 0) is 4.79 Å². The van der Waals surface area contributed by atoms with Crippen molar-refractivity contribution in [2.45, 2.75) is 25.8 Å². The number of hydrogen-bond donors (Lipinski definition) is 1. The number of nitrogens with zero attached hydrogens (tertiary/aromatic N) is 1. The monoisotopic (exact) mass is 248 g/mol. The summed E-state index contributed by atoms with van der Waals surface area (Å²) in [6.07, 6.45) is 1.97. The normalized spacial score (nSPS) is 16.3. The van der Waals surface area contributed by atoms with Crippen LogP contribution in [0.4, 0.5) is 5.69 Å². The highest BCUT2D eigenvalue weighted by molar-refractivity contribution is 5.93. The number of amides is 1. The standard InChI is InChI=1S/C14H20N2O2/c1-11(17)16(12-7-9-15-10-8-12)13-5-3-4-6-14(13)18-2/h3-6,12,15H,7-10H2,1-2H3. The van der Waals surface area contributed by atoms with E-state index in [1.165, 1.54) is 0 Å². The number of anilines is 1. The van der Waals surface area contributed by atoms with Crippen LogP contribution in [0.3, 0.4) is 0 Å². The Balaban J connectivity index is 2.31. The first-order chi connectivity index (χ1) is 8.74. The van der Waals surface area contributed by atoms with E-state index in [-0.39, 0.29) is 11.9 Å². The first-order valence-corrected chi connectivity index (χ1v) is 6.37. The van der Waals surface area contributed by atoms with Gasteiger partial charge >= 0.3 is 0 Å². The summed E-state index contributed by atoms with van der Waals surface area (Å²) in [6, 6.07) is 7.96. The first kappa shape index (κ1) is 12.9. The van der Waals surface area contributed by atoms with Gasteiger partial charge < -0.3 is 15.0 Å². The predicted octanol–water partition coefficient (Wildman–Crippen LogP) is 1.80. The Kier molecular flexibility index (Phi) is 4.20. The van der Waals surface area contributed by atoms with Crippen molar-refractivity contribution in [3.8, 4) is 5.75 Å². The minimum absolute atomic E-state index is 0.0754. The van der Waals surface area contributed by atoms with Gasteiger partial charge in [0.15, 0.2) is 0 Å². The summed E-state index contributed by atoms with van der Waals surface area (Å²) in [4.78, 5) is 13.8. The molecule has 1 amide bonds. The molecule has 1 aromatic rings. The van der Waals surface area contributed by atoms with E-state index in [9.17, 15) is 4.79 Å². The fourth-order valence-electron chi connectivity index (χ4n) is 2.52. The number of nitrogens with one attached hydrogen (secondary N) is 1. The van der Waals surface area contributed by atoms with Crippen molar-refractivity contribution < 1.29 is 9.53 Å². The molecule has 4 nitrogen and oxygen atoms in total. The number of hydrogen-bond acceptors (Lipinski definition) is 3. The van der Waals surface area contributed by atoms with E-state index in [4.69, 9.17) is 4.74 Å². The topological polar surface area (TPSA) is 41.6 Å². The molecule has 1 heterocycles. The Morgan fingerprint density at radius 1 is 1.33 bits per heavy atom. The molecular formula is C14H20N2O2. The SMILES string of the molecule is COc1ccccc1N(C(C)=O)C1CCNCC1. The minimum Gasteiger partial charge on any atom is -0.495 e. The molecule has 1 saturated heterocycles. The van der Waals surface area contributed by atoms with Crippen molar-refractivity contribution >= 4 is 11.6 Å². The van der Waals surface area contributed by atoms with Gasteiger partial charge in [0.25, 0.3) is 0 Å². The van der Waals surface area contributed by atoms with Crippen LogP contribution in [0, 0.1) is 0 Å². The number of para-hydroxylation sites is 2. The van der Waals surface area contributed by atoms with Crippen LogP contribution in [0.1, 0.15) is 19.8 Å². The summed E-state index contributed by atoms with van der Waals surface area (Å²) in [5.41, 5.74) is 0.874. The Morgan fingerprint density at radius 3 is 2.61 bits per heavy atom. The third-order valence-corrected chi connectivity index (χ3v) is 3.36. The smallest absolute Gasteiger partial charge is 0.224 e. The van der Waals surface area contributed by atoms with Crippen molar-refractivity contribution in [1.29, 1.82) is 0 Å². The van der Waals surface area contributed by atoms with Crippen LogP contribution >= 0.6 is 0 Å². The zero-order valence-corrected chi connectivity index (χ0v) is 11.0. The van der Waals surface area contributed by atoms with Crippen molar-refractivity contribution in [3.63, 3.8) is 0 Å². The van der Waals surface area contributed by atoms with Crippen LogP contribution in [0.5, 0.6) is 5.75 Å². The van der Waals surface area contributed by atoms with Crippen LogP contribution in [0.2, 0.25) is 0 Å². The lowest BCUT2D eigenvalue weighted by Gasteiger charge is -2.34. The number of piperidine rings is 1. The van der Waals surface area contributed by atoms with Crippen molar-refractivity contribution in [2.24, 2.45) is 0 Å². The molecule has 1 fully saturated rings. The highest BCUT2D eigenvalue weighted by Crippen LogP contribution is 2.31. The van der Waals surface area contributed by atoms with Crippen LogP contribution in [-0.4, -0.2) is 32.1 Å². The molecule has 98 valence electrons. The number of carbonyl (C=O) groups is 1. The van der Waals surface area contributed by atoms with Crippen LogP contribution in [0.25, 0.3) is 0 Å². The van der Waals surface area contributed by atoms with Gasteiger partial charge in [-0.2, -0.15) is 0 Å². The average molecular weight is 248 g/mol. The van der Waals surface area contributed by atoms with Gasteiger partial charge in [0, 0.05) is 13.0 Å². The second-order valence-electron chi connectivity index (χ2n) is 4.54. The second kappa shape index (κ2) is 5.87. The Hall–Kier alpha value is -1.55. The lowest BCUT2D eigenvalue weighted by Crippen LogP contribution is -2.45. The molecule has 2 rings (SSSR count). The molecule has 1 aliphatic heterocycles. The Labute approximate surface area is 108 Å². The van der Waals surface area contributed by atoms with E-state index in [2.05, 4.69) is 5.32 Å². The fourth-order valence-corrected chi connectivity index (χ4v) is 2.52. The van der Waals surface area contributed by atoms with Gasteiger partial charge in [-0.05, 0) is 38.1 Å². The van der Waals surface area contributed by atoms with Gasteiger partial charge in [-0.15, -0.1) is 0 Å². The number of rotatable bonds is 3. The summed E-state index contributed by atoms with van der Waals surface area (Å²) in [7, 11) is 1.64. The number of carbonyl (C=O) groups excluding carboxylic acids is 1. The maximum absolute atomic E-state index is 12.0. The van der Waals surface area contributed by atoms with E-state index < -0.39 is 0 Å². The van der Waals surface area contributed by atoms with Gasteiger partial charge in [0.2, 0.25) is 5.91 Å². The molecule has 1 N–H and O–H groups in total. The van der Waals surface area contributed by atoms with Gasteiger partial charge in [0.05, 0.1) is 12.8 Å². The minimum atomic E-state index is 0.0754. The lowest BCUT2D eigenvalue weighted by molar-refractivity contribution is -0.117. The summed E-state index contributed by atoms with van der Waals surface area (Å²) in [5, 5.41) is 3.32. The third kappa shape index (κ3) is 2.64. The zero-order chi connectivity index (χ0) is 13.0. The summed E-state index contributed by atoms with van der Waals surface area (Å²) in [6.45, 7) is 3.54. The number of ether oxygens (including phenoxy) is 1. The molecule has 0 bridgehead atoms. The van der Waals surface area contributed by atoms with E-state index in [0.717, 1.165) is 37.4 Å². The van der Waals surface area contributed by atoms with Gasteiger partial charge in [-0.3, -0.25) is 4.79 Å². The average Bonchev–Trinajstić information content (AvgIpc) is 2.40. The van der Waals surface area contributed by atoms with Gasteiger partial charge in [-0.1, -0.05) is 12.1 Å². The molecule has 0 atom stereocenters. The van der Waals surface area contributed by atoms with E-state index in [1.54, 1.807) is 14.0 Å². The molecule has 0 aliphatic carbocycles. The molecule has 1 aliphatic rings. The maximum Gasteiger partial charge on any atom is 0.224 e. The third-order valence-electron chi connectivity index (χ3n) is 3.36. The fraction of sp³-hybridized carbons (Fsp3) is 0.500. The van der Waals surface area contributed by atoms with Crippen LogP contribution < -0.4 is 15.0 Å². The quantitative estimate of drug-likeness (QED) is 0.887. The lowest BCUT2D eigenvalue weighted by atomic mass is 10.0. The summed E-state index contributed by atoms with van der Waals surface area (Å²) >= 11 is 0. The molecule has 0 spiro atoms. The van der Waals surface area contributed by atoms with Crippen molar-refractivity contribution in [2.75, 3.05) is 25.1 Å². The number of benzene rings is 1. The first-order valence-electron chi connectivity index (χ1n) is 6.37. The largest absolute Gasteiger partial charge is 0.495 e. The van der Waals surface area contributed by atoms with E-state index in [1.807, 2.05) is 29.2 Å². The molecule has 4 heteroatoms. The molecule has 0 unspecified atom stereocenters. The maximum atomic E-state index is 12.0. The molecule has 18 heavy (non-hydrogen) atoms. The highest BCUT2D eigenvalue weighted by atomic mass is 16.5. The number of methoxy groups -OCH3 is 1. The van der Waals surface area contributed by atoms with Crippen molar-refractivity contribution in [3.05, 3.63) is 24.3 Å². The Morgan fingerprint density at radius 2 is 2.00 bits per heavy atom. The van der Waals surface area contributed by atoms with E-state index in [0.29, 0.717) is 0 Å². The van der Waals surface area contributed by atoms with Crippen LogP contribution in [0.15, 0.2) is 24.3 Å². The molecule has 0 saturated carbocycles. The van der Waals surface area contributed by atoms with Gasteiger partial charge in [-0.25, -0.2) is 0 Å². The van der Waals surface area contributed by atoms with E-state index >= 15 is 0 Å². The highest BCUT2D eigenvalue weighted by Gasteiger charge is 2.26. The molecule has 0 radical (unpaired) electrons. The predicted molar refractivity (Wildman–Crippen MR) is 72.0 cm³/mol. The molecule has 0 aromatic heterocycles. The second-order valence-corrected chi connectivity index (χ2v) is 4.54.